The molecule has 31 heavy (non-hydrogen) atoms. The van der Waals surface area contributed by atoms with Gasteiger partial charge in [0.15, 0.2) is 0 Å². The third-order valence-electron chi connectivity index (χ3n) is 5.53. The minimum Gasteiger partial charge on any atom is -0.469 e. The van der Waals surface area contributed by atoms with E-state index in [0.717, 1.165) is 28.7 Å². The van der Waals surface area contributed by atoms with Gasteiger partial charge in [-0.15, -0.1) is 0 Å². The molecule has 0 fully saturated rings. The van der Waals surface area contributed by atoms with Crippen LogP contribution in [0.25, 0.3) is 11.1 Å². The van der Waals surface area contributed by atoms with E-state index in [1.807, 2.05) is 42.7 Å². The topological polar surface area (TPSA) is 121 Å². The molecule has 3 rings (SSSR count). The highest BCUT2D eigenvalue weighted by molar-refractivity contribution is 5.96. The number of amides is 1. The third kappa shape index (κ3) is 5.51. The zero-order valence-electron chi connectivity index (χ0n) is 17.8. The number of aromatic nitrogens is 1. The summed E-state index contributed by atoms with van der Waals surface area (Å²) in [6.45, 7) is 1.80. The summed E-state index contributed by atoms with van der Waals surface area (Å²) in [4.78, 5) is 28.2. The lowest BCUT2D eigenvalue weighted by atomic mass is 9.88. The van der Waals surface area contributed by atoms with E-state index in [1.54, 1.807) is 19.1 Å². The van der Waals surface area contributed by atoms with E-state index in [-0.39, 0.29) is 17.7 Å². The van der Waals surface area contributed by atoms with Crippen LogP contribution in [0.15, 0.2) is 66.0 Å². The molecule has 1 aliphatic carbocycles. The zero-order chi connectivity index (χ0) is 22.4. The fourth-order valence-electron chi connectivity index (χ4n) is 3.70. The van der Waals surface area contributed by atoms with Crippen molar-refractivity contribution in [2.45, 2.75) is 32.2 Å². The molecular weight excluding hydrogens is 392 g/mol. The summed E-state index contributed by atoms with van der Waals surface area (Å²) in [5.41, 5.74) is 9.87. The fourth-order valence-corrected chi connectivity index (χ4v) is 3.70. The van der Waals surface area contributed by atoms with Gasteiger partial charge in [-0.3, -0.25) is 15.0 Å². The van der Waals surface area contributed by atoms with E-state index in [0.29, 0.717) is 18.4 Å². The van der Waals surface area contributed by atoms with Crippen molar-refractivity contribution in [2.24, 2.45) is 11.7 Å². The van der Waals surface area contributed by atoms with Crippen molar-refractivity contribution in [3.63, 3.8) is 0 Å². The number of allylic oxidation sites excluding steroid dienone is 3. The molecule has 0 saturated carbocycles. The number of hydrogen-bond donors (Lipinski definition) is 4. The van der Waals surface area contributed by atoms with Crippen LogP contribution in [0.4, 0.5) is 0 Å². The van der Waals surface area contributed by atoms with Crippen molar-refractivity contribution in [2.75, 3.05) is 7.11 Å². The lowest BCUT2D eigenvalue weighted by molar-refractivity contribution is -0.146. The zero-order valence-corrected chi connectivity index (χ0v) is 17.8. The molecule has 1 aromatic heterocycles. The number of ether oxygens (including phenoxy) is 1. The highest BCUT2D eigenvalue weighted by Crippen LogP contribution is 2.25. The molecule has 0 aliphatic heterocycles. The minimum atomic E-state index is -0.554. The molecule has 1 heterocycles. The number of rotatable bonds is 8. The second-order valence-corrected chi connectivity index (χ2v) is 7.67. The van der Waals surface area contributed by atoms with Crippen LogP contribution in [0.5, 0.6) is 0 Å². The molecule has 162 valence electrons. The number of carbonyl (C=O) groups excluding carboxylic acids is 2. The Balaban J connectivity index is 1.69. The number of aromatic amines is 1. The van der Waals surface area contributed by atoms with E-state index < -0.39 is 12.0 Å². The Morgan fingerprint density at radius 1 is 1.23 bits per heavy atom. The Labute approximate surface area is 181 Å². The number of nitrogens with one attached hydrogen (secondary N) is 3. The number of hydrogen-bond acceptors (Lipinski definition) is 4. The average molecular weight is 421 g/mol. The fraction of sp³-hybridized carbons (Fsp3) is 0.292. The van der Waals surface area contributed by atoms with E-state index in [2.05, 4.69) is 10.3 Å². The molecule has 0 bridgehead atoms. The lowest BCUT2D eigenvalue weighted by Crippen LogP contribution is -2.42. The maximum absolute atomic E-state index is 12.8. The molecule has 0 radical (unpaired) electrons. The summed E-state index contributed by atoms with van der Waals surface area (Å²) in [6, 6.07) is 8.83. The predicted molar refractivity (Wildman–Crippen MR) is 121 cm³/mol. The van der Waals surface area contributed by atoms with Gasteiger partial charge in [0, 0.05) is 24.0 Å². The number of carbonyl (C=O) groups is 2. The van der Waals surface area contributed by atoms with Gasteiger partial charge in [-0.1, -0.05) is 29.9 Å². The van der Waals surface area contributed by atoms with Gasteiger partial charge in [-0.2, -0.15) is 0 Å². The smallest absolute Gasteiger partial charge is 0.311 e. The van der Waals surface area contributed by atoms with Crippen molar-refractivity contribution < 1.29 is 14.3 Å². The van der Waals surface area contributed by atoms with Crippen molar-refractivity contribution in [1.29, 1.82) is 5.41 Å². The maximum atomic E-state index is 12.8. The molecule has 1 aliphatic rings. The lowest BCUT2D eigenvalue weighted by Gasteiger charge is -2.24. The van der Waals surface area contributed by atoms with Crippen LogP contribution < -0.4 is 11.1 Å². The second kappa shape index (κ2) is 9.93. The van der Waals surface area contributed by atoms with Crippen LogP contribution in [0.1, 0.15) is 36.5 Å². The van der Waals surface area contributed by atoms with E-state index in [1.165, 1.54) is 7.11 Å². The van der Waals surface area contributed by atoms with Gasteiger partial charge in [-0.05, 0) is 61.1 Å². The van der Waals surface area contributed by atoms with Gasteiger partial charge in [-0.25, -0.2) is 0 Å². The van der Waals surface area contributed by atoms with Crippen LogP contribution in [0, 0.1) is 11.3 Å². The molecule has 2 aromatic rings. The third-order valence-corrected chi connectivity index (χ3v) is 5.53. The van der Waals surface area contributed by atoms with E-state index in [4.69, 9.17) is 15.9 Å². The van der Waals surface area contributed by atoms with Crippen molar-refractivity contribution >= 4 is 17.7 Å². The van der Waals surface area contributed by atoms with Crippen molar-refractivity contribution in [1.82, 2.24) is 10.3 Å². The Morgan fingerprint density at radius 3 is 2.58 bits per heavy atom. The number of benzene rings is 1. The van der Waals surface area contributed by atoms with Crippen molar-refractivity contribution in [3.05, 3.63) is 71.6 Å². The first-order valence-corrected chi connectivity index (χ1v) is 10.2. The van der Waals surface area contributed by atoms with Crippen LogP contribution in [0.3, 0.4) is 0 Å². The van der Waals surface area contributed by atoms with Crippen molar-refractivity contribution in [3.8, 4) is 11.1 Å². The number of H-pyrrole nitrogens is 1. The highest BCUT2D eigenvalue weighted by Gasteiger charge is 2.29. The summed E-state index contributed by atoms with van der Waals surface area (Å²) in [5, 5.41) is 10.6. The summed E-state index contributed by atoms with van der Waals surface area (Å²) in [7, 11) is 1.34. The number of esters is 1. The SMILES string of the molecule is COC(=O)[C@H](CC1=CCCC(C(=N)N)=C1)[C@@H](C)NC(=O)c1ccc(-c2cc[nH]c2)cc1. The first-order valence-electron chi connectivity index (χ1n) is 10.2. The summed E-state index contributed by atoms with van der Waals surface area (Å²) >= 11 is 0. The Hall–Kier alpha value is -3.61. The Kier molecular flexibility index (Phi) is 7.07. The molecule has 0 saturated heterocycles. The minimum absolute atomic E-state index is 0.0460. The standard InChI is InChI=1S/C24H28N4O3/c1-15(21(24(30)31-2)13-16-4-3-5-19(12-16)22(25)26)28-23(29)18-8-6-17(7-9-18)20-10-11-27-14-20/h4,6-12,14-15,21,27H,3,5,13H2,1-2H3,(H3,25,26)(H,28,29)/t15-,21-/m1/s1. The van der Waals surface area contributed by atoms with Crippen LogP contribution in [0.2, 0.25) is 0 Å². The molecule has 0 unspecified atom stereocenters. The quantitative estimate of drug-likeness (QED) is 0.296. The molecule has 7 heteroatoms. The second-order valence-electron chi connectivity index (χ2n) is 7.67. The van der Waals surface area contributed by atoms with Gasteiger partial charge in [0.2, 0.25) is 0 Å². The molecule has 2 atom stereocenters. The first kappa shape index (κ1) is 22.1. The first-order chi connectivity index (χ1) is 14.9. The molecule has 1 amide bonds. The van der Waals surface area contributed by atoms with E-state index in [9.17, 15) is 9.59 Å². The molecule has 1 aromatic carbocycles. The maximum Gasteiger partial charge on any atom is 0.311 e. The summed E-state index contributed by atoms with van der Waals surface area (Å²) < 4.78 is 4.99. The molecule has 5 N–H and O–H groups in total. The van der Waals surface area contributed by atoms with E-state index >= 15 is 0 Å². The summed E-state index contributed by atoms with van der Waals surface area (Å²) in [6.07, 6.45) is 9.52. The van der Waals surface area contributed by atoms with Gasteiger partial charge >= 0.3 is 5.97 Å². The van der Waals surface area contributed by atoms with Crippen LogP contribution in [-0.4, -0.2) is 35.8 Å². The molecule has 0 spiro atoms. The highest BCUT2D eigenvalue weighted by atomic mass is 16.5. The monoisotopic (exact) mass is 420 g/mol. The van der Waals surface area contributed by atoms with Gasteiger partial charge < -0.3 is 20.8 Å². The number of methoxy groups -OCH3 is 1. The summed E-state index contributed by atoms with van der Waals surface area (Å²) in [5.74, 6) is -1.15. The van der Waals surface area contributed by atoms with Crippen LogP contribution in [-0.2, 0) is 9.53 Å². The molecular formula is C24H28N4O3. The van der Waals surface area contributed by atoms with Gasteiger partial charge in [0.25, 0.3) is 5.91 Å². The normalized spacial score (nSPS) is 15.3. The average Bonchev–Trinajstić information content (AvgIpc) is 3.32. The van der Waals surface area contributed by atoms with Gasteiger partial charge in [0.05, 0.1) is 13.0 Å². The Morgan fingerprint density at radius 2 is 1.97 bits per heavy atom. The number of nitrogens with two attached hydrogens (primary N) is 1. The van der Waals surface area contributed by atoms with Gasteiger partial charge in [0.1, 0.15) is 5.84 Å². The Bertz CT molecular complexity index is 1000. The molecule has 7 nitrogen and oxygen atoms in total. The largest absolute Gasteiger partial charge is 0.469 e. The number of amidine groups is 1. The predicted octanol–water partition coefficient (Wildman–Crippen LogP) is 3.56. The van der Waals surface area contributed by atoms with Crippen LogP contribution >= 0.6 is 0 Å².